The van der Waals surface area contributed by atoms with Gasteiger partial charge < -0.3 is 10.2 Å². The van der Waals surface area contributed by atoms with E-state index in [0.29, 0.717) is 4.91 Å². The number of nitrogens with one attached hydrogen (secondary N) is 1. The van der Waals surface area contributed by atoms with Crippen LogP contribution < -0.4 is 5.32 Å². The van der Waals surface area contributed by atoms with E-state index in [1.807, 2.05) is 36.1 Å². The van der Waals surface area contributed by atoms with Gasteiger partial charge in [0.2, 0.25) is 5.91 Å². The van der Waals surface area contributed by atoms with Gasteiger partial charge >= 0.3 is 0 Å². The molecule has 2 aliphatic rings. The maximum absolute atomic E-state index is 12.2. The molecule has 2 heterocycles. The van der Waals surface area contributed by atoms with E-state index in [9.17, 15) is 9.59 Å². The molecule has 2 amide bonds. The molecule has 20 heavy (non-hydrogen) atoms. The Morgan fingerprint density at radius 2 is 2.25 bits per heavy atom. The molecule has 5 heteroatoms. The van der Waals surface area contributed by atoms with Crippen LogP contribution in [-0.4, -0.2) is 29.3 Å². The molecule has 0 aromatic heterocycles. The Morgan fingerprint density at radius 3 is 3.00 bits per heavy atom. The summed E-state index contributed by atoms with van der Waals surface area (Å²) in [4.78, 5) is 27.5. The number of likely N-dealkylation sites (tertiary alicyclic amines) is 1. The van der Waals surface area contributed by atoms with Gasteiger partial charge in [0.15, 0.2) is 0 Å². The molecule has 0 unspecified atom stereocenters. The molecule has 1 fully saturated rings. The summed E-state index contributed by atoms with van der Waals surface area (Å²) in [5.74, 6) is -0.263. The van der Waals surface area contributed by atoms with Crippen molar-refractivity contribution < 1.29 is 9.59 Å². The maximum Gasteiger partial charge on any atom is 0.262 e. The van der Waals surface area contributed by atoms with Crippen LogP contribution in [0.3, 0.4) is 0 Å². The van der Waals surface area contributed by atoms with Crippen LogP contribution in [0.25, 0.3) is 0 Å². The van der Waals surface area contributed by atoms with Crippen molar-refractivity contribution in [3.05, 3.63) is 35.2 Å². The first kappa shape index (κ1) is 13.2. The minimum absolute atomic E-state index is 0.0629. The zero-order valence-corrected chi connectivity index (χ0v) is 12.1. The van der Waals surface area contributed by atoms with Crippen LogP contribution in [0.5, 0.6) is 0 Å². The van der Waals surface area contributed by atoms with E-state index in [2.05, 4.69) is 5.32 Å². The summed E-state index contributed by atoms with van der Waals surface area (Å²) in [6.07, 6.45) is 3.55. The van der Waals surface area contributed by atoms with Crippen LogP contribution in [0.1, 0.15) is 19.8 Å². The minimum atomic E-state index is -0.200. The Labute approximate surface area is 122 Å². The normalized spacial score (nSPS) is 23.6. The largest absolute Gasteiger partial charge is 0.336 e. The first-order valence-corrected chi connectivity index (χ1v) is 7.57. The van der Waals surface area contributed by atoms with Gasteiger partial charge in [-0.3, -0.25) is 9.59 Å². The van der Waals surface area contributed by atoms with E-state index in [-0.39, 0.29) is 17.9 Å². The van der Waals surface area contributed by atoms with Gasteiger partial charge in [-0.25, -0.2) is 0 Å². The van der Waals surface area contributed by atoms with Crippen molar-refractivity contribution in [2.24, 2.45) is 0 Å². The summed E-state index contributed by atoms with van der Waals surface area (Å²) in [5, 5.41) is 2.82. The lowest BCUT2D eigenvalue weighted by atomic mass is 10.2. The van der Waals surface area contributed by atoms with Crippen molar-refractivity contribution in [2.75, 3.05) is 11.9 Å². The maximum atomic E-state index is 12.2. The van der Waals surface area contributed by atoms with E-state index >= 15 is 0 Å². The third-order valence-electron chi connectivity index (χ3n) is 3.67. The number of thioether (sulfide) groups is 1. The second-order valence-electron chi connectivity index (χ2n) is 5.08. The lowest BCUT2D eigenvalue weighted by molar-refractivity contribution is -0.126. The van der Waals surface area contributed by atoms with Crippen molar-refractivity contribution in [1.82, 2.24) is 4.90 Å². The van der Waals surface area contributed by atoms with Gasteiger partial charge in [-0.05, 0) is 31.9 Å². The molecular weight excluding hydrogens is 272 g/mol. The van der Waals surface area contributed by atoms with Crippen molar-refractivity contribution >= 4 is 29.3 Å². The van der Waals surface area contributed by atoms with Crippen LogP contribution in [-0.2, 0) is 9.59 Å². The van der Waals surface area contributed by atoms with Crippen LogP contribution in [0.2, 0.25) is 0 Å². The van der Waals surface area contributed by atoms with E-state index in [4.69, 9.17) is 0 Å². The van der Waals surface area contributed by atoms with E-state index in [1.54, 1.807) is 0 Å². The molecule has 1 saturated heterocycles. The van der Waals surface area contributed by atoms with Crippen LogP contribution in [0.15, 0.2) is 40.1 Å². The fraction of sp³-hybridized carbons (Fsp3) is 0.333. The number of benzene rings is 1. The number of para-hydroxylation sites is 1. The highest BCUT2D eigenvalue weighted by Gasteiger charge is 2.26. The Balaban J connectivity index is 1.82. The van der Waals surface area contributed by atoms with Gasteiger partial charge in [-0.1, -0.05) is 23.9 Å². The van der Waals surface area contributed by atoms with Crippen molar-refractivity contribution in [3.8, 4) is 0 Å². The molecule has 1 N–H and O–H groups in total. The highest BCUT2D eigenvalue weighted by Crippen LogP contribution is 2.37. The lowest BCUT2D eigenvalue weighted by Crippen LogP contribution is -2.33. The number of rotatable bonds is 1. The quantitative estimate of drug-likeness (QED) is 0.808. The number of carbonyl (C=O) groups excluding carboxylic acids is 2. The molecule has 1 aromatic carbocycles. The van der Waals surface area contributed by atoms with Gasteiger partial charge in [0.25, 0.3) is 5.91 Å². The molecule has 0 radical (unpaired) electrons. The van der Waals surface area contributed by atoms with Crippen LogP contribution in [0, 0.1) is 0 Å². The Morgan fingerprint density at radius 1 is 1.45 bits per heavy atom. The third-order valence-corrected chi connectivity index (χ3v) is 4.77. The molecule has 2 aliphatic heterocycles. The first-order chi connectivity index (χ1) is 9.65. The summed E-state index contributed by atoms with van der Waals surface area (Å²) in [5.41, 5.74) is 0.807. The zero-order valence-electron chi connectivity index (χ0n) is 11.3. The zero-order chi connectivity index (χ0) is 14.1. The summed E-state index contributed by atoms with van der Waals surface area (Å²) in [6.45, 7) is 2.83. The van der Waals surface area contributed by atoms with E-state index < -0.39 is 0 Å². The molecule has 104 valence electrons. The Bertz CT molecular complexity index is 597. The minimum Gasteiger partial charge on any atom is -0.336 e. The van der Waals surface area contributed by atoms with Crippen molar-refractivity contribution in [1.29, 1.82) is 0 Å². The summed E-state index contributed by atoms with van der Waals surface area (Å²) in [6, 6.07) is 7.87. The molecular formula is C15H16N2O2S. The van der Waals surface area contributed by atoms with E-state index in [0.717, 1.165) is 30.0 Å². The predicted octanol–water partition coefficient (Wildman–Crippen LogP) is 2.63. The number of fused-ring (bicyclic) bond motifs is 1. The number of amides is 2. The SMILES string of the molecule is C[C@@H]1CCCN1C(=O)/C=C1/Sc2ccccc2NC1=O. The summed E-state index contributed by atoms with van der Waals surface area (Å²) in [7, 11) is 0. The number of anilines is 1. The second-order valence-corrected chi connectivity index (χ2v) is 6.17. The Kier molecular flexibility index (Phi) is 3.53. The van der Waals surface area contributed by atoms with Gasteiger partial charge in [0.1, 0.15) is 0 Å². The van der Waals surface area contributed by atoms with Crippen LogP contribution in [0.4, 0.5) is 5.69 Å². The highest BCUT2D eigenvalue weighted by molar-refractivity contribution is 8.04. The fourth-order valence-corrected chi connectivity index (χ4v) is 3.47. The molecule has 1 atom stereocenters. The molecule has 0 bridgehead atoms. The highest BCUT2D eigenvalue weighted by atomic mass is 32.2. The molecule has 1 aromatic rings. The molecule has 0 aliphatic carbocycles. The monoisotopic (exact) mass is 288 g/mol. The summed E-state index contributed by atoms with van der Waals surface area (Å²) >= 11 is 1.36. The predicted molar refractivity (Wildman–Crippen MR) is 79.4 cm³/mol. The third kappa shape index (κ3) is 2.45. The molecule has 0 spiro atoms. The van der Waals surface area contributed by atoms with Gasteiger partial charge in [0, 0.05) is 23.6 Å². The fourth-order valence-electron chi connectivity index (χ4n) is 2.56. The number of nitrogens with zero attached hydrogens (tertiary/aromatic N) is 1. The van der Waals surface area contributed by atoms with Crippen molar-refractivity contribution in [2.45, 2.75) is 30.7 Å². The first-order valence-electron chi connectivity index (χ1n) is 6.75. The van der Waals surface area contributed by atoms with Gasteiger partial charge in [-0.15, -0.1) is 0 Å². The average Bonchev–Trinajstić information content (AvgIpc) is 2.86. The summed E-state index contributed by atoms with van der Waals surface area (Å²) < 4.78 is 0. The Hall–Kier alpha value is -1.75. The molecule has 4 nitrogen and oxygen atoms in total. The smallest absolute Gasteiger partial charge is 0.262 e. The molecule has 0 saturated carbocycles. The van der Waals surface area contributed by atoms with Gasteiger partial charge in [-0.2, -0.15) is 0 Å². The van der Waals surface area contributed by atoms with Crippen LogP contribution >= 0.6 is 11.8 Å². The number of carbonyl (C=O) groups is 2. The van der Waals surface area contributed by atoms with Crippen molar-refractivity contribution in [3.63, 3.8) is 0 Å². The van der Waals surface area contributed by atoms with Gasteiger partial charge in [0.05, 0.1) is 10.6 Å². The number of hydrogen-bond donors (Lipinski definition) is 1. The average molecular weight is 288 g/mol. The second kappa shape index (κ2) is 5.32. The van der Waals surface area contributed by atoms with E-state index in [1.165, 1.54) is 17.8 Å². The standard InChI is InChI=1S/C15H16N2O2S/c1-10-5-4-8-17(10)14(18)9-13-15(19)16-11-6-2-3-7-12(11)20-13/h2-3,6-7,9-10H,4-5,8H2,1H3,(H,16,19)/b13-9+/t10-/m1/s1. The number of hydrogen-bond acceptors (Lipinski definition) is 3. The topological polar surface area (TPSA) is 49.4 Å². The lowest BCUT2D eigenvalue weighted by Gasteiger charge is -2.22. The molecule has 3 rings (SSSR count).